The van der Waals surface area contributed by atoms with Crippen molar-refractivity contribution < 1.29 is 9.18 Å². The van der Waals surface area contributed by atoms with Gasteiger partial charge in [-0.05, 0) is 43.2 Å². The van der Waals surface area contributed by atoms with Crippen LogP contribution in [0.2, 0.25) is 0 Å². The van der Waals surface area contributed by atoms with Gasteiger partial charge in [-0.1, -0.05) is 11.3 Å². The van der Waals surface area contributed by atoms with Gasteiger partial charge in [-0.3, -0.25) is 9.78 Å². The molecule has 6 nitrogen and oxygen atoms in total. The highest BCUT2D eigenvalue weighted by atomic mass is 19.1. The monoisotopic (exact) mass is 351 g/mol. The Labute approximate surface area is 150 Å². The van der Waals surface area contributed by atoms with E-state index in [0.717, 1.165) is 24.1 Å². The average Bonchev–Trinajstić information content (AvgIpc) is 3.18. The molecular formula is C19H18FN5O. The number of amides is 1. The van der Waals surface area contributed by atoms with Crippen molar-refractivity contribution >= 4 is 5.91 Å². The molecule has 0 spiro atoms. The molecule has 0 N–H and O–H groups in total. The van der Waals surface area contributed by atoms with Gasteiger partial charge < -0.3 is 4.90 Å². The van der Waals surface area contributed by atoms with Gasteiger partial charge in [0.05, 0.1) is 12.2 Å². The average molecular weight is 351 g/mol. The molecule has 1 aliphatic rings. The number of aromatic nitrogens is 4. The number of piperidine rings is 1. The number of benzene rings is 1. The van der Waals surface area contributed by atoms with Gasteiger partial charge >= 0.3 is 0 Å². The predicted octanol–water partition coefficient (Wildman–Crippen LogP) is 2.96. The van der Waals surface area contributed by atoms with E-state index in [1.807, 2.05) is 23.0 Å². The van der Waals surface area contributed by atoms with Crippen LogP contribution in [-0.2, 0) is 0 Å². The Bertz CT molecular complexity index is 903. The quantitative estimate of drug-likeness (QED) is 0.728. The van der Waals surface area contributed by atoms with E-state index in [1.165, 1.54) is 12.1 Å². The SMILES string of the molecule is O=C(c1cccc(F)c1)N1CCC(n2cc(-c3cccnc3)nn2)CC1. The van der Waals surface area contributed by atoms with E-state index < -0.39 is 5.82 Å². The molecule has 1 fully saturated rings. The van der Waals surface area contributed by atoms with E-state index in [4.69, 9.17) is 0 Å². The van der Waals surface area contributed by atoms with Crippen LogP contribution < -0.4 is 0 Å². The molecule has 1 aromatic carbocycles. The van der Waals surface area contributed by atoms with Gasteiger partial charge in [0.1, 0.15) is 11.5 Å². The number of rotatable bonds is 3. The van der Waals surface area contributed by atoms with Gasteiger partial charge in [0, 0.05) is 36.6 Å². The first kappa shape index (κ1) is 16.4. The lowest BCUT2D eigenvalue weighted by Crippen LogP contribution is -2.39. The first-order valence-electron chi connectivity index (χ1n) is 8.58. The zero-order chi connectivity index (χ0) is 17.9. The van der Waals surface area contributed by atoms with Gasteiger partial charge in [0.25, 0.3) is 5.91 Å². The molecule has 0 atom stereocenters. The summed E-state index contributed by atoms with van der Waals surface area (Å²) in [5.41, 5.74) is 2.11. The third kappa shape index (κ3) is 3.33. The molecule has 0 aliphatic carbocycles. The number of likely N-dealkylation sites (tertiary alicyclic amines) is 1. The second-order valence-electron chi connectivity index (χ2n) is 6.36. The van der Waals surface area contributed by atoms with Crippen molar-refractivity contribution in [3.63, 3.8) is 0 Å². The normalized spacial score (nSPS) is 15.2. The Hall–Kier alpha value is -3.09. The van der Waals surface area contributed by atoms with Gasteiger partial charge in [-0.15, -0.1) is 5.10 Å². The van der Waals surface area contributed by atoms with Crippen molar-refractivity contribution in [1.29, 1.82) is 0 Å². The zero-order valence-electron chi connectivity index (χ0n) is 14.1. The number of carbonyl (C=O) groups excluding carboxylic acids is 1. The summed E-state index contributed by atoms with van der Waals surface area (Å²) in [6, 6.07) is 9.84. The molecule has 26 heavy (non-hydrogen) atoms. The van der Waals surface area contributed by atoms with Crippen LogP contribution in [0.3, 0.4) is 0 Å². The molecular weight excluding hydrogens is 333 g/mol. The van der Waals surface area contributed by atoms with Crippen molar-refractivity contribution in [2.24, 2.45) is 0 Å². The number of nitrogens with zero attached hydrogens (tertiary/aromatic N) is 5. The summed E-state index contributed by atoms with van der Waals surface area (Å²) in [6.07, 6.45) is 6.98. The van der Waals surface area contributed by atoms with E-state index in [2.05, 4.69) is 15.3 Å². The highest BCUT2D eigenvalue weighted by Crippen LogP contribution is 2.25. The van der Waals surface area contributed by atoms with Crippen LogP contribution in [0.15, 0.2) is 55.0 Å². The minimum absolute atomic E-state index is 0.127. The van der Waals surface area contributed by atoms with Crippen molar-refractivity contribution in [1.82, 2.24) is 24.9 Å². The van der Waals surface area contributed by atoms with E-state index >= 15 is 0 Å². The van der Waals surface area contributed by atoms with E-state index in [1.54, 1.807) is 29.4 Å². The summed E-state index contributed by atoms with van der Waals surface area (Å²) < 4.78 is 15.2. The van der Waals surface area contributed by atoms with E-state index in [9.17, 15) is 9.18 Å². The Morgan fingerprint density at radius 2 is 2.00 bits per heavy atom. The number of pyridine rings is 1. The van der Waals surface area contributed by atoms with Crippen molar-refractivity contribution in [2.45, 2.75) is 18.9 Å². The Kier molecular flexibility index (Phi) is 4.43. The lowest BCUT2D eigenvalue weighted by molar-refractivity contribution is 0.0688. The fourth-order valence-corrected chi connectivity index (χ4v) is 3.24. The third-order valence-electron chi connectivity index (χ3n) is 4.66. The van der Waals surface area contributed by atoms with Crippen LogP contribution in [0, 0.1) is 5.82 Å². The molecule has 0 unspecified atom stereocenters. The van der Waals surface area contributed by atoms with Crippen molar-refractivity contribution in [3.8, 4) is 11.3 Å². The predicted molar refractivity (Wildman–Crippen MR) is 93.8 cm³/mol. The van der Waals surface area contributed by atoms with E-state index in [-0.39, 0.29) is 11.9 Å². The number of hydrogen-bond acceptors (Lipinski definition) is 4. The van der Waals surface area contributed by atoms with Crippen LogP contribution in [-0.4, -0.2) is 43.9 Å². The standard InChI is InChI=1S/C19H18FN5O/c20-16-5-1-3-14(11-16)19(26)24-9-6-17(7-10-24)25-13-18(22-23-25)15-4-2-8-21-12-15/h1-5,8,11-13,17H,6-7,9-10H2. The van der Waals surface area contributed by atoms with Gasteiger partial charge in [0.15, 0.2) is 0 Å². The molecule has 0 saturated carbocycles. The molecule has 0 radical (unpaired) electrons. The summed E-state index contributed by atoms with van der Waals surface area (Å²) in [4.78, 5) is 18.4. The topological polar surface area (TPSA) is 63.9 Å². The van der Waals surface area contributed by atoms with Crippen molar-refractivity contribution in [2.75, 3.05) is 13.1 Å². The Morgan fingerprint density at radius 3 is 2.73 bits per heavy atom. The first-order valence-corrected chi connectivity index (χ1v) is 8.58. The minimum atomic E-state index is -0.392. The first-order chi connectivity index (χ1) is 12.7. The van der Waals surface area contributed by atoms with Gasteiger partial charge in [0.2, 0.25) is 0 Å². The largest absolute Gasteiger partial charge is 0.338 e. The molecule has 1 amide bonds. The minimum Gasteiger partial charge on any atom is -0.338 e. The van der Waals surface area contributed by atoms with E-state index in [0.29, 0.717) is 18.7 Å². The summed E-state index contributed by atoms with van der Waals surface area (Å²) in [5, 5.41) is 8.47. The number of hydrogen-bond donors (Lipinski definition) is 0. The third-order valence-corrected chi connectivity index (χ3v) is 4.66. The molecule has 0 bridgehead atoms. The highest BCUT2D eigenvalue weighted by molar-refractivity contribution is 5.94. The summed E-state index contributed by atoms with van der Waals surface area (Å²) in [5.74, 6) is -0.520. The van der Waals surface area contributed by atoms with Crippen molar-refractivity contribution in [3.05, 3.63) is 66.4 Å². The van der Waals surface area contributed by atoms with Gasteiger partial charge in [-0.2, -0.15) is 0 Å². The lowest BCUT2D eigenvalue weighted by atomic mass is 10.0. The number of carbonyl (C=O) groups is 1. The molecule has 132 valence electrons. The number of halogens is 1. The van der Waals surface area contributed by atoms with Crippen LogP contribution in [0.1, 0.15) is 29.2 Å². The zero-order valence-corrected chi connectivity index (χ0v) is 14.1. The molecule has 2 aromatic heterocycles. The van der Waals surface area contributed by atoms with Crippen LogP contribution in [0.4, 0.5) is 4.39 Å². The Morgan fingerprint density at radius 1 is 1.15 bits per heavy atom. The molecule has 1 aliphatic heterocycles. The highest BCUT2D eigenvalue weighted by Gasteiger charge is 2.25. The summed E-state index contributed by atoms with van der Waals surface area (Å²) >= 11 is 0. The second kappa shape index (κ2) is 7.03. The van der Waals surface area contributed by atoms with Crippen LogP contribution in [0.25, 0.3) is 11.3 Å². The molecule has 3 heterocycles. The summed E-state index contributed by atoms with van der Waals surface area (Å²) in [6.45, 7) is 1.23. The maximum atomic E-state index is 13.3. The summed E-state index contributed by atoms with van der Waals surface area (Å²) in [7, 11) is 0. The molecule has 3 aromatic rings. The smallest absolute Gasteiger partial charge is 0.253 e. The van der Waals surface area contributed by atoms with Crippen LogP contribution in [0.5, 0.6) is 0 Å². The molecule has 1 saturated heterocycles. The maximum absolute atomic E-state index is 13.3. The second-order valence-corrected chi connectivity index (χ2v) is 6.36. The lowest BCUT2D eigenvalue weighted by Gasteiger charge is -2.31. The maximum Gasteiger partial charge on any atom is 0.253 e. The van der Waals surface area contributed by atoms with Gasteiger partial charge in [-0.25, -0.2) is 9.07 Å². The fraction of sp³-hybridized carbons (Fsp3) is 0.263. The molecule has 7 heteroatoms. The molecule has 4 rings (SSSR count). The Balaban J connectivity index is 1.41. The fourth-order valence-electron chi connectivity index (χ4n) is 3.24. The van der Waals surface area contributed by atoms with Crippen LogP contribution >= 0.6 is 0 Å².